The van der Waals surface area contributed by atoms with Crippen molar-refractivity contribution in [3.8, 4) is 0 Å². The predicted octanol–water partition coefficient (Wildman–Crippen LogP) is 2.20. The van der Waals surface area contributed by atoms with Gasteiger partial charge in [-0.2, -0.15) is 0 Å². The Morgan fingerprint density at radius 1 is 1.25 bits per heavy atom. The van der Waals surface area contributed by atoms with Gasteiger partial charge in [-0.1, -0.05) is 18.2 Å². The molecule has 0 saturated heterocycles. The minimum absolute atomic E-state index is 0.00669. The van der Waals surface area contributed by atoms with Crippen molar-refractivity contribution in [3.05, 3.63) is 53.7 Å². The molecule has 0 unspecified atom stereocenters. The first-order chi connectivity index (χ1) is 11.6. The zero-order chi connectivity index (χ0) is 17.1. The smallest absolute Gasteiger partial charge is 0.305 e. The molecule has 0 bridgehead atoms. The topological polar surface area (TPSA) is 73.7 Å². The summed E-state index contributed by atoms with van der Waals surface area (Å²) < 4.78 is 0. The Kier molecular flexibility index (Phi) is 4.46. The number of pyridine rings is 1. The second-order valence-corrected chi connectivity index (χ2v) is 5.78. The second-order valence-electron chi connectivity index (χ2n) is 5.78. The highest BCUT2D eigenvalue weighted by Gasteiger charge is 2.27. The summed E-state index contributed by atoms with van der Waals surface area (Å²) in [5.41, 5.74) is 2.59. The summed E-state index contributed by atoms with van der Waals surface area (Å²) in [6.07, 6.45) is 2.45. The van der Waals surface area contributed by atoms with Gasteiger partial charge in [-0.25, -0.2) is 4.98 Å². The van der Waals surface area contributed by atoms with Crippen LogP contribution in [-0.2, 0) is 11.2 Å². The minimum Gasteiger partial charge on any atom is -0.481 e. The number of hydrogen-bond acceptors (Lipinski definition) is 4. The molecule has 0 saturated carbocycles. The van der Waals surface area contributed by atoms with Crippen molar-refractivity contribution in [1.82, 2.24) is 4.98 Å². The fourth-order valence-electron chi connectivity index (χ4n) is 2.93. The van der Waals surface area contributed by atoms with Crippen LogP contribution in [0.5, 0.6) is 0 Å². The predicted molar refractivity (Wildman–Crippen MR) is 91.6 cm³/mol. The Bertz CT molecular complexity index is 776. The highest BCUT2D eigenvalue weighted by Crippen LogP contribution is 2.30. The lowest BCUT2D eigenvalue weighted by Crippen LogP contribution is -2.32. The first-order valence-corrected chi connectivity index (χ1v) is 7.85. The highest BCUT2D eigenvalue weighted by molar-refractivity contribution is 6.10. The third-order valence-electron chi connectivity index (χ3n) is 4.17. The fraction of sp³-hybridized carbons (Fsp3) is 0.278. The number of carbonyl (C=O) groups excluding carboxylic acids is 1. The molecule has 1 aromatic heterocycles. The van der Waals surface area contributed by atoms with E-state index in [4.69, 9.17) is 5.11 Å². The lowest BCUT2D eigenvalue weighted by atomic mass is 10.1. The van der Waals surface area contributed by atoms with E-state index in [1.807, 2.05) is 24.3 Å². The fourth-order valence-corrected chi connectivity index (χ4v) is 2.93. The van der Waals surface area contributed by atoms with E-state index in [1.165, 1.54) is 0 Å². The molecule has 1 aromatic carbocycles. The Balaban J connectivity index is 1.87. The number of anilines is 2. The normalized spacial score (nSPS) is 12.8. The van der Waals surface area contributed by atoms with Crippen molar-refractivity contribution in [1.29, 1.82) is 0 Å². The van der Waals surface area contributed by atoms with Crippen LogP contribution in [0, 0.1) is 0 Å². The van der Waals surface area contributed by atoms with E-state index in [1.54, 1.807) is 35.2 Å². The lowest BCUT2D eigenvalue weighted by molar-refractivity contribution is -0.136. The van der Waals surface area contributed by atoms with Gasteiger partial charge in [0, 0.05) is 32.0 Å². The number of aliphatic carboxylic acids is 1. The molecule has 2 heterocycles. The van der Waals surface area contributed by atoms with E-state index in [0.717, 1.165) is 17.7 Å². The van der Waals surface area contributed by atoms with Crippen LogP contribution in [0.1, 0.15) is 22.3 Å². The first kappa shape index (κ1) is 16.0. The maximum absolute atomic E-state index is 13.0. The van der Waals surface area contributed by atoms with Crippen molar-refractivity contribution >= 4 is 23.4 Å². The van der Waals surface area contributed by atoms with Crippen LogP contribution in [-0.4, -0.2) is 42.1 Å². The van der Waals surface area contributed by atoms with Gasteiger partial charge >= 0.3 is 5.97 Å². The molecule has 6 nitrogen and oxygen atoms in total. The van der Waals surface area contributed by atoms with Gasteiger partial charge in [0.1, 0.15) is 5.82 Å². The van der Waals surface area contributed by atoms with Crippen LogP contribution >= 0.6 is 0 Å². The van der Waals surface area contributed by atoms with Gasteiger partial charge in [-0.05, 0) is 30.2 Å². The first-order valence-electron chi connectivity index (χ1n) is 7.85. The van der Waals surface area contributed by atoms with Gasteiger partial charge in [-0.15, -0.1) is 0 Å². The third-order valence-corrected chi connectivity index (χ3v) is 4.17. The number of amides is 1. The van der Waals surface area contributed by atoms with Crippen LogP contribution in [0.4, 0.5) is 11.5 Å². The standard InChI is InChI=1S/C18H19N3O3/c1-20(11-9-16(22)23)17-14(6-4-10-19-17)18(24)21-12-8-13-5-2-3-7-15(13)21/h2-7,10H,8-9,11-12H2,1H3,(H,22,23). The van der Waals surface area contributed by atoms with Crippen molar-refractivity contribution in [2.45, 2.75) is 12.8 Å². The number of aromatic nitrogens is 1. The van der Waals surface area contributed by atoms with Gasteiger partial charge in [0.15, 0.2) is 0 Å². The summed E-state index contributed by atoms with van der Waals surface area (Å²) in [4.78, 5) is 31.6. The van der Waals surface area contributed by atoms with Crippen molar-refractivity contribution in [2.75, 3.05) is 29.9 Å². The average molecular weight is 325 g/mol. The SMILES string of the molecule is CN(CCC(=O)O)c1ncccc1C(=O)N1CCc2ccccc21. The van der Waals surface area contributed by atoms with Crippen LogP contribution in [0.25, 0.3) is 0 Å². The molecule has 0 aliphatic carbocycles. The molecule has 0 radical (unpaired) electrons. The lowest BCUT2D eigenvalue weighted by Gasteiger charge is -2.23. The quantitative estimate of drug-likeness (QED) is 0.912. The number of fused-ring (bicyclic) bond motifs is 1. The molecule has 6 heteroatoms. The van der Waals surface area contributed by atoms with E-state index in [9.17, 15) is 9.59 Å². The maximum Gasteiger partial charge on any atom is 0.305 e. The summed E-state index contributed by atoms with van der Waals surface area (Å²) in [5.74, 6) is -0.475. The van der Waals surface area contributed by atoms with E-state index in [2.05, 4.69) is 4.98 Å². The van der Waals surface area contributed by atoms with E-state index >= 15 is 0 Å². The average Bonchev–Trinajstić information content (AvgIpc) is 3.03. The summed E-state index contributed by atoms with van der Waals surface area (Å²) in [7, 11) is 1.75. The largest absolute Gasteiger partial charge is 0.481 e. The Labute approximate surface area is 140 Å². The summed E-state index contributed by atoms with van der Waals surface area (Å²) in [6, 6.07) is 11.3. The molecule has 1 N–H and O–H groups in total. The Morgan fingerprint density at radius 3 is 2.83 bits per heavy atom. The van der Waals surface area contributed by atoms with Gasteiger partial charge in [0.2, 0.25) is 0 Å². The van der Waals surface area contributed by atoms with Gasteiger partial charge in [-0.3, -0.25) is 9.59 Å². The van der Waals surface area contributed by atoms with Crippen molar-refractivity contribution < 1.29 is 14.7 Å². The molecular weight excluding hydrogens is 306 g/mol. The zero-order valence-corrected chi connectivity index (χ0v) is 13.5. The molecule has 24 heavy (non-hydrogen) atoms. The van der Waals surface area contributed by atoms with Gasteiger partial charge in [0.05, 0.1) is 12.0 Å². The second kappa shape index (κ2) is 6.70. The number of carbonyl (C=O) groups is 2. The molecule has 1 aliphatic rings. The van der Waals surface area contributed by atoms with E-state index in [-0.39, 0.29) is 12.3 Å². The highest BCUT2D eigenvalue weighted by atomic mass is 16.4. The van der Waals surface area contributed by atoms with Crippen LogP contribution in [0.2, 0.25) is 0 Å². The summed E-state index contributed by atoms with van der Waals surface area (Å²) >= 11 is 0. The molecule has 2 aromatic rings. The summed E-state index contributed by atoms with van der Waals surface area (Å²) in [6.45, 7) is 0.939. The van der Waals surface area contributed by atoms with Gasteiger partial charge in [0.25, 0.3) is 5.91 Å². The van der Waals surface area contributed by atoms with Crippen molar-refractivity contribution in [3.63, 3.8) is 0 Å². The van der Waals surface area contributed by atoms with Gasteiger partial charge < -0.3 is 14.9 Å². The Hall–Kier alpha value is -2.89. The molecule has 0 atom stereocenters. The van der Waals surface area contributed by atoms with E-state index in [0.29, 0.717) is 24.5 Å². The number of nitrogens with zero attached hydrogens (tertiary/aromatic N) is 3. The van der Waals surface area contributed by atoms with Crippen molar-refractivity contribution in [2.24, 2.45) is 0 Å². The Morgan fingerprint density at radius 2 is 2.04 bits per heavy atom. The number of benzene rings is 1. The molecule has 0 fully saturated rings. The molecule has 1 amide bonds. The molecule has 1 aliphatic heterocycles. The molecule has 0 spiro atoms. The number of para-hydroxylation sites is 1. The van der Waals surface area contributed by atoms with Crippen LogP contribution < -0.4 is 9.80 Å². The minimum atomic E-state index is -0.876. The monoisotopic (exact) mass is 325 g/mol. The van der Waals surface area contributed by atoms with Crippen LogP contribution in [0.15, 0.2) is 42.6 Å². The number of carboxylic acid groups (broad SMARTS) is 1. The van der Waals surface area contributed by atoms with E-state index < -0.39 is 5.97 Å². The third kappa shape index (κ3) is 3.08. The molecular formula is C18H19N3O3. The number of hydrogen-bond donors (Lipinski definition) is 1. The molecule has 3 rings (SSSR count). The number of rotatable bonds is 5. The van der Waals surface area contributed by atoms with Crippen LogP contribution in [0.3, 0.4) is 0 Å². The number of carboxylic acids is 1. The zero-order valence-electron chi connectivity index (χ0n) is 13.5. The molecule has 124 valence electrons. The summed E-state index contributed by atoms with van der Waals surface area (Å²) in [5, 5.41) is 8.85. The maximum atomic E-state index is 13.0.